The van der Waals surface area contributed by atoms with Crippen molar-refractivity contribution in [2.75, 3.05) is 0 Å². The van der Waals surface area contributed by atoms with Gasteiger partial charge in [-0.1, -0.05) is 30.3 Å². The lowest BCUT2D eigenvalue weighted by atomic mass is 10.1. The topological polar surface area (TPSA) is 59.8 Å². The van der Waals surface area contributed by atoms with Crippen molar-refractivity contribution in [3.63, 3.8) is 0 Å². The van der Waals surface area contributed by atoms with Gasteiger partial charge in [-0.3, -0.25) is 4.79 Å². The van der Waals surface area contributed by atoms with Gasteiger partial charge in [0.05, 0.1) is 11.9 Å². The second-order valence-electron chi connectivity index (χ2n) is 5.49. The molecule has 2 aromatic carbocycles. The molecule has 0 bridgehead atoms. The molecule has 25 heavy (non-hydrogen) atoms. The molecule has 5 nitrogen and oxygen atoms in total. The number of halogens is 2. The SMILES string of the molecule is CCc1ccc(-n2cc(C(=O)NCc3ccc(F)cc3F)nn2)cc1. The predicted octanol–water partition coefficient (Wildman–Crippen LogP) is 3.04. The van der Waals surface area contributed by atoms with Crippen LogP contribution < -0.4 is 5.32 Å². The Balaban J connectivity index is 1.67. The summed E-state index contributed by atoms with van der Waals surface area (Å²) in [5, 5.41) is 10.3. The van der Waals surface area contributed by atoms with Crippen molar-refractivity contribution in [1.82, 2.24) is 20.3 Å². The van der Waals surface area contributed by atoms with Gasteiger partial charge in [-0.2, -0.15) is 0 Å². The molecule has 7 heteroatoms. The fraction of sp³-hybridized carbons (Fsp3) is 0.167. The molecule has 1 heterocycles. The maximum absolute atomic E-state index is 13.6. The van der Waals surface area contributed by atoms with Crippen molar-refractivity contribution in [3.05, 3.63) is 77.1 Å². The second-order valence-corrected chi connectivity index (χ2v) is 5.49. The van der Waals surface area contributed by atoms with Crippen molar-refractivity contribution >= 4 is 5.91 Å². The Bertz CT molecular complexity index is 890. The summed E-state index contributed by atoms with van der Waals surface area (Å²) in [6.45, 7) is 2.00. The molecule has 3 aromatic rings. The highest BCUT2D eigenvalue weighted by atomic mass is 19.1. The van der Waals surface area contributed by atoms with E-state index >= 15 is 0 Å². The number of carbonyl (C=O) groups excluding carboxylic acids is 1. The highest BCUT2D eigenvalue weighted by Crippen LogP contribution is 2.11. The fourth-order valence-corrected chi connectivity index (χ4v) is 2.31. The van der Waals surface area contributed by atoms with Gasteiger partial charge in [0.1, 0.15) is 11.6 Å². The molecule has 0 radical (unpaired) electrons. The van der Waals surface area contributed by atoms with Crippen LogP contribution in [0.15, 0.2) is 48.7 Å². The lowest BCUT2D eigenvalue weighted by molar-refractivity contribution is 0.0945. The summed E-state index contributed by atoms with van der Waals surface area (Å²) < 4.78 is 27.9. The van der Waals surface area contributed by atoms with E-state index in [0.29, 0.717) is 0 Å². The predicted molar refractivity (Wildman–Crippen MR) is 88.3 cm³/mol. The van der Waals surface area contributed by atoms with Crippen LogP contribution in [0.4, 0.5) is 8.78 Å². The molecular weight excluding hydrogens is 326 g/mol. The molecule has 0 aliphatic carbocycles. The van der Waals surface area contributed by atoms with Crippen LogP contribution in [0, 0.1) is 11.6 Å². The van der Waals surface area contributed by atoms with Gasteiger partial charge in [0, 0.05) is 18.2 Å². The van der Waals surface area contributed by atoms with E-state index in [2.05, 4.69) is 22.6 Å². The summed E-state index contributed by atoms with van der Waals surface area (Å²) in [6.07, 6.45) is 2.43. The van der Waals surface area contributed by atoms with E-state index in [1.165, 1.54) is 22.5 Å². The molecule has 0 saturated carbocycles. The largest absolute Gasteiger partial charge is 0.346 e. The van der Waals surface area contributed by atoms with Crippen LogP contribution in [-0.4, -0.2) is 20.9 Å². The number of nitrogens with zero attached hydrogens (tertiary/aromatic N) is 3. The fourth-order valence-electron chi connectivity index (χ4n) is 2.31. The van der Waals surface area contributed by atoms with Gasteiger partial charge in [0.25, 0.3) is 5.91 Å². The van der Waals surface area contributed by atoms with E-state index < -0.39 is 17.5 Å². The lowest BCUT2D eigenvalue weighted by Gasteiger charge is -2.04. The third-order valence-electron chi connectivity index (χ3n) is 3.79. The standard InChI is InChI=1S/C18H16F2N4O/c1-2-12-3-7-15(8-4-12)24-11-17(22-23-24)18(25)21-10-13-5-6-14(19)9-16(13)20/h3-9,11H,2,10H2,1H3,(H,21,25). The molecule has 0 unspecified atom stereocenters. The van der Waals surface area contributed by atoms with Crippen molar-refractivity contribution in [3.8, 4) is 5.69 Å². The zero-order valence-corrected chi connectivity index (χ0v) is 13.5. The monoisotopic (exact) mass is 342 g/mol. The van der Waals surface area contributed by atoms with Gasteiger partial charge < -0.3 is 5.32 Å². The van der Waals surface area contributed by atoms with Crippen molar-refractivity contribution in [2.45, 2.75) is 19.9 Å². The number of amides is 1. The van der Waals surface area contributed by atoms with Gasteiger partial charge in [0.15, 0.2) is 5.69 Å². The summed E-state index contributed by atoms with van der Waals surface area (Å²) in [4.78, 5) is 12.1. The molecule has 0 atom stereocenters. The molecule has 0 aliphatic rings. The quantitative estimate of drug-likeness (QED) is 0.775. The molecule has 0 aliphatic heterocycles. The van der Waals surface area contributed by atoms with Gasteiger partial charge in [-0.05, 0) is 30.2 Å². The van der Waals surface area contributed by atoms with Gasteiger partial charge >= 0.3 is 0 Å². The van der Waals surface area contributed by atoms with Crippen LogP contribution in [-0.2, 0) is 13.0 Å². The van der Waals surface area contributed by atoms with E-state index in [4.69, 9.17) is 0 Å². The number of rotatable bonds is 5. The van der Waals surface area contributed by atoms with Crippen LogP contribution in [0.5, 0.6) is 0 Å². The Hall–Kier alpha value is -3.09. The Morgan fingerprint density at radius 3 is 2.60 bits per heavy atom. The number of nitrogens with one attached hydrogen (secondary N) is 1. The van der Waals surface area contributed by atoms with Crippen LogP contribution in [0.3, 0.4) is 0 Å². The number of benzene rings is 2. The van der Waals surface area contributed by atoms with Gasteiger partial charge in [-0.15, -0.1) is 5.10 Å². The Labute approximate surface area is 143 Å². The number of hydrogen-bond acceptors (Lipinski definition) is 3. The maximum Gasteiger partial charge on any atom is 0.273 e. The lowest BCUT2D eigenvalue weighted by Crippen LogP contribution is -2.23. The molecule has 128 valence electrons. The average molecular weight is 342 g/mol. The van der Waals surface area contributed by atoms with E-state index in [-0.39, 0.29) is 17.8 Å². The first-order chi connectivity index (χ1) is 12.1. The van der Waals surface area contributed by atoms with E-state index in [9.17, 15) is 13.6 Å². The number of aryl methyl sites for hydroxylation is 1. The third-order valence-corrected chi connectivity index (χ3v) is 3.79. The van der Waals surface area contributed by atoms with Crippen LogP contribution in [0.25, 0.3) is 5.69 Å². The smallest absolute Gasteiger partial charge is 0.273 e. The Kier molecular flexibility index (Phi) is 4.83. The minimum Gasteiger partial charge on any atom is -0.346 e. The average Bonchev–Trinajstić information content (AvgIpc) is 3.11. The summed E-state index contributed by atoms with van der Waals surface area (Å²) >= 11 is 0. The first-order valence-electron chi connectivity index (χ1n) is 7.80. The third kappa shape index (κ3) is 3.88. The molecule has 1 amide bonds. The van der Waals surface area contributed by atoms with Crippen molar-refractivity contribution in [1.29, 1.82) is 0 Å². The maximum atomic E-state index is 13.6. The van der Waals surface area contributed by atoms with Crippen LogP contribution in [0.1, 0.15) is 28.5 Å². The zero-order chi connectivity index (χ0) is 17.8. The van der Waals surface area contributed by atoms with Gasteiger partial charge in [0.2, 0.25) is 0 Å². The molecule has 0 fully saturated rings. The summed E-state index contributed by atoms with van der Waals surface area (Å²) in [5.74, 6) is -1.86. The molecule has 1 aromatic heterocycles. The molecular formula is C18H16F2N4O. The van der Waals surface area contributed by atoms with E-state index in [1.54, 1.807) is 0 Å². The minimum absolute atomic E-state index is 0.0665. The molecule has 3 rings (SSSR count). The van der Waals surface area contributed by atoms with E-state index in [1.807, 2.05) is 24.3 Å². The number of hydrogen-bond donors (Lipinski definition) is 1. The normalized spacial score (nSPS) is 10.7. The van der Waals surface area contributed by atoms with Crippen molar-refractivity contribution in [2.24, 2.45) is 0 Å². The molecule has 1 N–H and O–H groups in total. The first-order valence-corrected chi connectivity index (χ1v) is 7.80. The first kappa shape index (κ1) is 16.8. The van der Waals surface area contributed by atoms with Gasteiger partial charge in [-0.25, -0.2) is 13.5 Å². The second kappa shape index (κ2) is 7.21. The Morgan fingerprint density at radius 2 is 1.92 bits per heavy atom. The van der Waals surface area contributed by atoms with Crippen LogP contribution >= 0.6 is 0 Å². The van der Waals surface area contributed by atoms with Crippen LogP contribution in [0.2, 0.25) is 0 Å². The molecule has 0 spiro atoms. The zero-order valence-electron chi connectivity index (χ0n) is 13.5. The highest BCUT2D eigenvalue weighted by molar-refractivity contribution is 5.91. The minimum atomic E-state index is -0.708. The Morgan fingerprint density at radius 1 is 1.16 bits per heavy atom. The number of aromatic nitrogens is 3. The summed E-state index contributed by atoms with van der Waals surface area (Å²) in [7, 11) is 0. The highest BCUT2D eigenvalue weighted by Gasteiger charge is 2.12. The molecule has 0 saturated heterocycles. The number of carbonyl (C=O) groups is 1. The van der Waals surface area contributed by atoms with Crippen molar-refractivity contribution < 1.29 is 13.6 Å². The van der Waals surface area contributed by atoms with E-state index in [0.717, 1.165) is 24.2 Å². The summed E-state index contributed by atoms with van der Waals surface area (Å²) in [5.41, 5.74) is 2.29. The summed E-state index contributed by atoms with van der Waals surface area (Å²) in [6, 6.07) is 10.9.